The lowest BCUT2D eigenvalue weighted by Gasteiger charge is -2.28. The van der Waals surface area contributed by atoms with Gasteiger partial charge in [-0.15, -0.1) is 0 Å². The van der Waals surface area contributed by atoms with Crippen molar-refractivity contribution in [2.75, 3.05) is 18.6 Å². The Labute approximate surface area is 194 Å². The predicted octanol–water partition coefficient (Wildman–Crippen LogP) is 4.80. The maximum absolute atomic E-state index is 13.4. The van der Waals surface area contributed by atoms with Crippen LogP contribution in [0.4, 0.5) is 13.2 Å². The first-order valence-corrected chi connectivity index (χ1v) is 12.3. The Morgan fingerprint density at radius 1 is 1.12 bits per heavy atom. The lowest BCUT2D eigenvalue weighted by molar-refractivity contribution is -0.137. The second-order valence-corrected chi connectivity index (χ2v) is 10.3. The molecule has 1 atom stereocenters. The number of methoxy groups -OCH3 is 1. The molecule has 1 aliphatic rings. The molecule has 0 bridgehead atoms. The first kappa shape index (κ1) is 23.9. The summed E-state index contributed by atoms with van der Waals surface area (Å²) in [6.45, 7) is -0.0456. The van der Waals surface area contributed by atoms with Gasteiger partial charge in [-0.1, -0.05) is 24.3 Å². The fraction of sp³-hybridized carbons (Fsp3) is 0.292. The number of rotatable bonds is 6. The van der Waals surface area contributed by atoms with Crippen molar-refractivity contribution in [3.05, 3.63) is 77.6 Å². The Morgan fingerprint density at radius 2 is 1.88 bits per heavy atom. The second kappa shape index (κ2) is 9.17. The standard InChI is InChI=1S/C24H22F3NO5S/c1-32-22-8-3-2-7-20(22)23(29)28(18-11-12-34(30,31)15-18)14-19-9-10-21(33-19)16-5-4-6-17(13-16)24(25,26)27/h2-10,13,18H,11-12,14-15H2,1H3/t18-/m0/s1. The quantitative estimate of drug-likeness (QED) is 0.493. The highest BCUT2D eigenvalue weighted by molar-refractivity contribution is 7.91. The average molecular weight is 494 g/mol. The number of alkyl halides is 3. The van der Waals surface area contributed by atoms with Gasteiger partial charge in [-0.25, -0.2) is 8.42 Å². The van der Waals surface area contributed by atoms with Crippen molar-refractivity contribution in [3.8, 4) is 17.1 Å². The number of carbonyl (C=O) groups excluding carboxylic acids is 1. The molecule has 0 aliphatic carbocycles. The Kier molecular flexibility index (Phi) is 6.44. The summed E-state index contributed by atoms with van der Waals surface area (Å²) in [5.74, 6) is 0.264. The number of sulfone groups is 1. The van der Waals surface area contributed by atoms with E-state index in [9.17, 15) is 26.4 Å². The van der Waals surface area contributed by atoms with E-state index in [0.717, 1.165) is 12.1 Å². The maximum Gasteiger partial charge on any atom is 0.416 e. The highest BCUT2D eigenvalue weighted by Gasteiger charge is 2.36. The molecule has 2 heterocycles. The molecule has 0 spiro atoms. The lowest BCUT2D eigenvalue weighted by Crippen LogP contribution is -2.40. The van der Waals surface area contributed by atoms with Crippen LogP contribution in [0.25, 0.3) is 11.3 Å². The molecule has 0 N–H and O–H groups in total. The molecule has 6 nitrogen and oxygen atoms in total. The third-order valence-electron chi connectivity index (χ3n) is 5.71. The molecular formula is C24H22F3NO5S. The number of halogens is 3. The van der Waals surface area contributed by atoms with E-state index in [-0.39, 0.29) is 41.4 Å². The van der Waals surface area contributed by atoms with Crippen molar-refractivity contribution in [2.45, 2.75) is 25.2 Å². The normalized spacial score (nSPS) is 17.5. The third-order valence-corrected chi connectivity index (χ3v) is 7.46. The van der Waals surface area contributed by atoms with Crippen LogP contribution in [0.2, 0.25) is 0 Å². The van der Waals surface area contributed by atoms with Crippen molar-refractivity contribution < 1.29 is 35.5 Å². The number of furan rings is 1. The van der Waals surface area contributed by atoms with Crippen LogP contribution in [-0.4, -0.2) is 43.9 Å². The van der Waals surface area contributed by atoms with Gasteiger partial charge in [0.2, 0.25) is 0 Å². The molecule has 1 fully saturated rings. The van der Waals surface area contributed by atoms with E-state index in [0.29, 0.717) is 11.5 Å². The zero-order valence-corrected chi connectivity index (χ0v) is 19.0. The highest BCUT2D eigenvalue weighted by Crippen LogP contribution is 2.33. The molecule has 1 aromatic heterocycles. The van der Waals surface area contributed by atoms with Crippen LogP contribution in [0, 0.1) is 0 Å². The molecular weight excluding hydrogens is 471 g/mol. The summed E-state index contributed by atoms with van der Waals surface area (Å²) in [5, 5.41) is 0. The van der Waals surface area contributed by atoms with Crippen LogP contribution in [0.1, 0.15) is 28.1 Å². The van der Waals surface area contributed by atoms with E-state index in [1.54, 1.807) is 30.3 Å². The fourth-order valence-electron chi connectivity index (χ4n) is 4.00. The van der Waals surface area contributed by atoms with E-state index < -0.39 is 33.5 Å². The van der Waals surface area contributed by atoms with Gasteiger partial charge in [0, 0.05) is 11.6 Å². The molecule has 1 saturated heterocycles. The summed E-state index contributed by atoms with van der Waals surface area (Å²) < 4.78 is 74.5. The minimum absolute atomic E-state index is 0.0268. The van der Waals surface area contributed by atoms with E-state index >= 15 is 0 Å². The van der Waals surface area contributed by atoms with Gasteiger partial charge in [0.05, 0.1) is 36.3 Å². The van der Waals surface area contributed by atoms with E-state index in [4.69, 9.17) is 9.15 Å². The summed E-state index contributed by atoms with van der Waals surface area (Å²) in [6, 6.07) is 13.9. The number of benzene rings is 2. The Morgan fingerprint density at radius 3 is 2.56 bits per heavy atom. The zero-order valence-electron chi connectivity index (χ0n) is 18.2. The van der Waals surface area contributed by atoms with Crippen molar-refractivity contribution in [3.63, 3.8) is 0 Å². The molecule has 3 aromatic rings. The van der Waals surface area contributed by atoms with Crippen molar-refractivity contribution in [1.29, 1.82) is 0 Å². The zero-order chi connectivity index (χ0) is 24.5. The molecule has 180 valence electrons. The van der Waals surface area contributed by atoms with Gasteiger partial charge in [-0.3, -0.25) is 4.79 Å². The smallest absolute Gasteiger partial charge is 0.416 e. The van der Waals surface area contributed by atoms with Gasteiger partial charge in [0.25, 0.3) is 5.91 Å². The number of carbonyl (C=O) groups is 1. The van der Waals surface area contributed by atoms with Crippen LogP contribution in [0.15, 0.2) is 65.1 Å². The molecule has 4 rings (SSSR count). The third kappa shape index (κ3) is 5.11. The predicted molar refractivity (Wildman–Crippen MR) is 119 cm³/mol. The second-order valence-electron chi connectivity index (χ2n) is 8.03. The van der Waals surface area contributed by atoms with Crippen LogP contribution in [0.5, 0.6) is 5.75 Å². The van der Waals surface area contributed by atoms with Gasteiger partial charge in [-0.05, 0) is 42.8 Å². The molecule has 10 heteroatoms. The summed E-state index contributed by atoms with van der Waals surface area (Å²) in [4.78, 5) is 14.9. The van der Waals surface area contributed by atoms with Crippen LogP contribution >= 0.6 is 0 Å². The van der Waals surface area contributed by atoms with Crippen molar-refractivity contribution in [2.24, 2.45) is 0 Å². The number of para-hydroxylation sites is 1. The van der Waals surface area contributed by atoms with Crippen LogP contribution in [0.3, 0.4) is 0 Å². The molecule has 1 amide bonds. The van der Waals surface area contributed by atoms with E-state index in [1.165, 1.54) is 30.2 Å². The van der Waals surface area contributed by atoms with Gasteiger partial charge in [0.15, 0.2) is 9.84 Å². The topological polar surface area (TPSA) is 76.8 Å². The number of hydrogen-bond donors (Lipinski definition) is 0. The SMILES string of the molecule is COc1ccccc1C(=O)N(Cc1ccc(-c2cccc(C(F)(F)F)c2)o1)[C@H]1CCS(=O)(=O)C1. The minimum Gasteiger partial charge on any atom is -0.496 e. The van der Waals surface area contributed by atoms with Gasteiger partial charge in [0.1, 0.15) is 17.3 Å². The summed E-state index contributed by atoms with van der Waals surface area (Å²) in [6.07, 6.45) is -4.21. The highest BCUT2D eigenvalue weighted by atomic mass is 32.2. The molecule has 2 aromatic carbocycles. The summed E-state index contributed by atoms with van der Waals surface area (Å²) >= 11 is 0. The molecule has 0 unspecified atom stereocenters. The Balaban J connectivity index is 1.64. The summed E-state index contributed by atoms with van der Waals surface area (Å²) in [7, 11) is -1.85. The molecule has 0 saturated carbocycles. The Hall–Kier alpha value is -3.27. The van der Waals surface area contributed by atoms with Crippen LogP contribution < -0.4 is 4.74 Å². The summed E-state index contributed by atoms with van der Waals surface area (Å²) in [5.41, 5.74) is -0.279. The van der Waals surface area contributed by atoms with E-state index in [1.807, 2.05) is 0 Å². The number of nitrogens with zero attached hydrogens (tertiary/aromatic N) is 1. The number of hydrogen-bond acceptors (Lipinski definition) is 5. The van der Waals surface area contributed by atoms with Gasteiger partial charge < -0.3 is 14.1 Å². The first-order valence-electron chi connectivity index (χ1n) is 10.5. The number of ether oxygens (including phenoxy) is 1. The van der Waals surface area contributed by atoms with Gasteiger partial charge >= 0.3 is 6.18 Å². The first-order chi connectivity index (χ1) is 16.1. The fourth-order valence-corrected chi connectivity index (χ4v) is 5.73. The maximum atomic E-state index is 13.4. The average Bonchev–Trinajstić information content (AvgIpc) is 3.42. The van der Waals surface area contributed by atoms with Gasteiger partial charge in [-0.2, -0.15) is 13.2 Å². The molecule has 34 heavy (non-hydrogen) atoms. The number of amides is 1. The Bertz CT molecular complexity index is 1300. The minimum atomic E-state index is -4.49. The molecule has 1 aliphatic heterocycles. The van der Waals surface area contributed by atoms with Crippen molar-refractivity contribution >= 4 is 15.7 Å². The monoisotopic (exact) mass is 493 g/mol. The van der Waals surface area contributed by atoms with E-state index in [2.05, 4.69) is 0 Å². The van der Waals surface area contributed by atoms with Crippen LogP contribution in [-0.2, 0) is 22.6 Å². The lowest BCUT2D eigenvalue weighted by atomic mass is 10.1. The van der Waals surface area contributed by atoms with Crippen molar-refractivity contribution in [1.82, 2.24) is 4.90 Å². The molecule has 0 radical (unpaired) electrons. The largest absolute Gasteiger partial charge is 0.496 e.